The van der Waals surface area contributed by atoms with Crippen LogP contribution in [-0.4, -0.2) is 39.6 Å². The zero-order valence-corrected chi connectivity index (χ0v) is 12.8. The van der Waals surface area contributed by atoms with Crippen LogP contribution < -0.4 is 10.4 Å². The molecule has 0 aliphatic carbocycles. The van der Waals surface area contributed by atoms with Crippen molar-refractivity contribution in [2.24, 2.45) is 0 Å². The van der Waals surface area contributed by atoms with Crippen LogP contribution >= 0.6 is 0 Å². The van der Waals surface area contributed by atoms with Gasteiger partial charge in [0.05, 0.1) is 6.54 Å². The van der Waals surface area contributed by atoms with Gasteiger partial charge in [-0.05, 0) is 31.0 Å². The average Bonchev–Trinajstić information content (AvgIpc) is 3.05. The monoisotopic (exact) mass is 302 g/mol. The lowest BCUT2D eigenvalue weighted by molar-refractivity contribution is -0.132. The molecule has 2 aromatic rings. The van der Waals surface area contributed by atoms with E-state index in [1.807, 2.05) is 26.0 Å². The van der Waals surface area contributed by atoms with Gasteiger partial charge in [0.1, 0.15) is 18.3 Å². The van der Waals surface area contributed by atoms with Crippen LogP contribution in [0.2, 0.25) is 0 Å². The number of nitrogens with one attached hydrogen (secondary N) is 2. The highest BCUT2D eigenvalue weighted by atomic mass is 16.5. The first-order chi connectivity index (χ1) is 10.5. The Morgan fingerprint density at radius 2 is 2.14 bits per heavy atom. The van der Waals surface area contributed by atoms with E-state index in [-0.39, 0.29) is 24.1 Å². The van der Waals surface area contributed by atoms with Crippen LogP contribution in [0.15, 0.2) is 16.9 Å². The first-order valence-corrected chi connectivity index (χ1v) is 7.08. The predicted molar refractivity (Wildman–Crippen MR) is 79.8 cm³/mol. The molecule has 0 bridgehead atoms. The van der Waals surface area contributed by atoms with Gasteiger partial charge in [-0.1, -0.05) is 6.07 Å². The Hall–Kier alpha value is -2.57. The van der Waals surface area contributed by atoms with Crippen molar-refractivity contribution in [2.45, 2.75) is 26.3 Å². The van der Waals surface area contributed by atoms with Gasteiger partial charge < -0.3 is 9.64 Å². The molecule has 0 saturated heterocycles. The van der Waals surface area contributed by atoms with Crippen molar-refractivity contribution in [3.8, 4) is 5.75 Å². The second-order valence-corrected chi connectivity index (χ2v) is 5.66. The average molecular weight is 302 g/mol. The third-order valence-corrected chi connectivity index (χ3v) is 4.02. The molecule has 1 aromatic carbocycles. The van der Waals surface area contributed by atoms with Crippen LogP contribution in [0.4, 0.5) is 0 Å². The number of aromatic nitrogens is 3. The molecule has 3 rings (SSSR count). The minimum absolute atomic E-state index is 0.0501. The Morgan fingerprint density at radius 1 is 1.41 bits per heavy atom. The van der Waals surface area contributed by atoms with Gasteiger partial charge in [-0.25, -0.2) is 9.89 Å². The van der Waals surface area contributed by atoms with Crippen molar-refractivity contribution in [3.05, 3.63) is 45.1 Å². The number of aryl methyl sites for hydroxylation is 2. The molecule has 2 N–H and O–H groups in total. The standard InChI is InChI=1S/C15H18N4O3/c1-8-4-10-11(7-22-12(10)5-9(8)2)14(20)19(3)6-13-16-15(21)18-17-13/h4-5,11H,6-7H2,1-3H3,(H2,16,17,18,21). The number of likely N-dealkylation sites (N-methyl/N-ethyl adjacent to an activating group) is 1. The molecule has 1 aliphatic rings. The maximum atomic E-state index is 12.6. The summed E-state index contributed by atoms with van der Waals surface area (Å²) in [7, 11) is 1.69. The summed E-state index contributed by atoms with van der Waals surface area (Å²) in [5.41, 5.74) is 2.84. The number of rotatable bonds is 3. The summed E-state index contributed by atoms with van der Waals surface area (Å²) in [5, 5.41) is 6.10. The summed E-state index contributed by atoms with van der Waals surface area (Å²) in [6.07, 6.45) is 0. The Morgan fingerprint density at radius 3 is 2.82 bits per heavy atom. The highest BCUT2D eigenvalue weighted by Gasteiger charge is 2.33. The topological polar surface area (TPSA) is 91.1 Å². The van der Waals surface area contributed by atoms with Crippen LogP contribution in [0, 0.1) is 13.8 Å². The highest BCUT2D eigenvalue weighted by molar-refractivity contribution is 5.85. The molecule has 1 amide bonds. The van der Waals surface area contributed by atoms with E-state index in [1.54, 1.807) is 11.9 Å². The lowest BCUT2D eigenvalue weighted by atomic mass is 9.96. The lowest BCUT2D eigenvalue weighted by Crippen LogP contribution is -2.32. The molecule has 1 unspecified atom stereocenters. The highest BCUT2D eigenvalue weighted by Crippen LogP contribution is 2.36. The van der Waals surface area contributed by atoms with Gasteiger partial charge in [0.25, 0.3) is 0 Å². The van der Waals surface area contributed by atoms with Crippen LogP contribution in [0.1, 0.15) is 28.4 Å². The van der Waals surface area contributed by atoms with Crippen molar-refractivity contribution in [1.82, 2.24) is 20.1 Å². The molecule has 1 aliphatic heterocycles. The van der Waals surface area contributed by atoms with E-state index in [2.05, 4.69) is 15.2 Å². The van der Waals surface area contributed by atoms with E-state index in [0.29, 0.717) is 12.4 Å². The maximum Gasteiger partial charge on any atom is 0.340 e. The maximum absolute atomic E-state index is 12.6. The Bertz CT molecular complexity index is 777. The van der Waals surface area contributed by atoms with Crippen molar-refractivity contribution in [3.63, 3.8) is 0 Å². The molecule has 116 valence electrons. The zero-order valence-electron chi connectivity index (χ0n) is 12.8. The fourth-order valence-electron chi connectivity index (χ4n) is 2.63. The summed E-state index contributed by atoms with van der Waals surface area (Å²) in [5.74, 6) is 0.846. The SMILES string of the molecule is Cc1cc2c(cc1C)C(C(=O)N(C)Cc1n[nH]c(=O)[nH]1)CO2. The number of amides is 1. The second-order valence-electron chi connectivity index (χ2n) is 5.66. The largest absolute Gasteiger partial charge is 0.492 e. The molecule has 0 saturated carbocycles. The van der Waals surface area contributed by atoms with Gasteiger partial charge in [0.2, 0.25) is 5.91 Å². The van der Waals surface area contributed by atoms with E-state index < -0.39 is 0 Å². The number of ether oxygens (including phenoxy) is 1. The first kappa shape index (κ1) is 14.4. The quantitative estimate of drug-likeness (QED) is 0.879. The minimum atomic E-state index is -0.378. The number of benzene rings is 1. The Labute approximate surface area is 127 Å². The van der Waals surface area contributed by atoms with E-state index in [0.717, 1.165) is 22.4 Å². The van der Waals surface area contributed by atoms with Gasteiger partial charge in [-0.3, -0.25) is 9.78 Å². The van der Waals surface area contributed by atoms with Crippen molar-refractivity contribution in [2.75, 3.05) is 13.7 Å². The number of H-pyrrole nitrogens is 2. The number of hydrogen-bond acceptors (Lipinski definition) is 4. The normalized spacial score (nSPS) is 16.2. The number of aromatic amines is 2. The Balaban J connectivity index is 1.79. The molecule has 1 atom stereocenters. The fraction of sp³-hybridized carbons (Fsp3) is 0.400. The molecule has 0 spiro atoms. The molecule has 0 radical (unpaired) electrons. The molecule has 7 heteroatoms. The summed E-state index contributed by atoms with van der Waals surface area (Å²) in [6.45, 7) is 4.63. The van der Waals surface area contributed by atoms with Crippen molar-refractivity contribution < 1.29 is 9.53 Å². The molecule has 7 nitrogen and oxygen atoms in total. The zero-order chi connectivity index (χ0) is 15.9. The molecule has 2 heterocycles. The van der Waals surface area contributed by atoms with Gasteiger partial charge in [0, 0.05) is 12.6 Å². The second kappa shape index (κ2) is 5.32. The number of carbonyl (C=O) groups is 1. The number of nitrogens with zero attached hydrogens (tertiary/aromatic N) is 2. The lowest BCUT2D eigenvalue weighted by Gasteiger charge is -2.19. The molecule has 1 aromatic heterocycles. The van der Waals surface area contributed by atoms with Crippen LogP contribution in [0.3, 0.4) is 0 Å². The van der Waals surface area contributed by atoms with Crippen LogP contribution in [0.25, 0.3) is 0 Å². The van der Waals surface area contributed by atoms with Gasteiger partial charge in [-0.15, -0.1) is 0 Å². The van der Waals surface area contributed by atoms with Gasteiger partial charge >= 0.3 is 5.69 Å². The fourth-order valence-corrected chi connectivity index (χ4v) is 2.63. The van der Waals surface area contributed by atoms with Gasteiger partial charge in [0.15, 0.2) is 5.82 Å². The number of hydrogen-bond donors (Lipinski definition) is 2. The molecular formula is C15H18N4O3. The van der Waals surface area contributed by atoms with E-state index >= 15 is 0 Å². The molecular weight excluding hydrogens is 284 g/mol. The van der Waals surface area contributed by atoms with Crippen LogP contribution in [0.5, 0.6) is 5.75 Å². The third kappa shape index (κ3) is 2.49. The number of carbonyl (C=O) groups excluding carboxylic acids is 1. The summed E-state index contributed by atoms with van der Waals surface area (Å²) in [6, 6.07) is 3.99. The van der Waals surface area contributed by atoms with E-state index in [1.165, 1.54) is 0 Å². The van der Waals surface area contributed by atoms with E-state index in [9.17, 15) is 9.59 Å². The van der Waals surface area contributed by atoms with Crippen molar-refractivity contribution in [1.29, 1.82) is 0 Å². The smallest absolute Gasteiger partial charge is 0.340 e. The summed E-state index contributed by atoms with van der Waals surface area (Å²) < 4.78 is 5.65. The molecule has 0 fully saturated rings. The number of fused-ring (bicyclic) bond motifs is 1. The summed E-state index contributed by atoms with van der Waals surface area (Å²) >= 11 is 0. The van der Waals surface area contributed by atoms with Gasteiger partial charge in [-0.2, -0.15) is 5.10 Å². The van der Waals surface area contributed by atoms with E-state index in [4.69, 9.17) is 4.74 Å². The van der Waals surface area contributed by atoms with Crippen LogP contribution in [-0.2, 0) is 11.3 Å². The molecule has 22 heavy (non-hydrogen) atoms. The summed E-state index contributed by atoms with van der Waals surface area (Å²) in [4.78, 5) is 27.8. The first-order valence-electron chi connectivity index (χ1n) is 7.08. The van der Waals surface area contributed by atoms with Crippen molar-refractivity contribution >= 4 is 5.91 Å². The Kier molecular flexibility index (Phi) is 3.48. The minimum Gasteiger partial charge on any atom is -0.492 e. The third-order valence-electron chi connectivity index (χ3n) is 4.02. The predicted octanol–water partition coefficient (Wildman–Crippen LogP) is 0.849.